The Labute approximate surface area is 128 Å². The van der Waals surface area contributed by atoms with Gasteiger partial charge in [0.2, 0.25) is 0 Å². The number of unbranched alkanes of at least 4 members (excludes halogenated alkanes) is 3. The van der Waals surface area contributed by atoms with E-state index in [1.165, 1.54) is 30.4 Å². The minimum atomic E-state index is -0.258. The molecule has 1 aliphatic rings. The van der Waals surface area contributed by atoms with E-state index < -0.39 is 0 Å². The summed E-state index contributed by atoms with van der Waals surface area (Å²) in [6, 6.07) is 10.4. The third-order valence-electron chi connectivity index (χ3n) is 4.39. The summed E-state index contributed by atoms with van der Waals surface area (Å²) in [6.07, 6.45) is 13.2. The number of hydrogen-bond acceptors (Lipinski definition) is 1. The Balaban J connectivity index is 2.05. The van der Waals surface area contributed by atoms with Gasteiger partial charge in [-0.15, -0.1) is 0 Å². The van der Waals surface area contributed by atoms with Crippen LogP contribution in [-0.4, -0.2) is 5.84 Å². The lowest BCUT2D eigenvalue weighted by molar-refractivity contribution is 0.448. The van der Waals surface area contributed by atoms with Gasteiger partial charge in [0, 0.05) is 5.41 Å². The molecule has 1 aliphatic carbocycles. The lowest BCUT2D eigenvalue weighted by Crippen LogP contribution is -2.35. The lowest BCUT2D eigenvalue weighted by Gasteiger charge is -2.31. The summed E-state index contributed by atoms with van der Waals surface area (Å²) in [4.78, 5) is 0. The van der Waals surface area contributed by atoms with Crippen LogP contribution in [0.25, 0.3) is 5.57 Å². The van der Waals surface area contributed by atoms with E-state index in [4.69, 9.17) is 11.1 Å². The van der Waals surface area contributed by atoms with Crippen molar-refractivity contribution in [1.29, 1.82) is 5.41 Å². The second-order valence-corrected chi connectivity index (χ2v) is 5.94. The zero-order valence-corrected chi connectivity index (χ0v) is 12.9. The summed E-state index contributed by atoms with van der Waals surface area (Å²) in [6.45, 7) is 2.22. The van der Waals surface area contributed by atoms with Gasteiger partial charge in [0.1, 0.15) is 5.84 Å². The first kappa shape index (κ1) is 15.6. The molecule has 2 rings (SSSR count). The highest BCUT2D eigenvalue weighted by Crippen LogP contribution is 2.37. The van der Waals surface area contributed by atoms with Crippen LogP contribution < -0.4 is 5.73 Å². The molecule has 0 saturated heterocycles. The molecule has 0 heterocycles. The van der Waals surface area contributed by atoms with Crippen LogP contribution in [0.1, 0.15) is 51.0 Å². The van der Waals surface area contributed by atoms with Crippen LogP contribution in [0.15, 0.2) is 48.6 Å². The Bertz CT molecular complexity index is 528. The fourth-order valence-corrected chi connectivity index (χ4v) is 2.91. The second kappa shape index (κ2) is 7.26. The van der Waals surface area contributed by atoms with Crippen molar-refractivity contribution < 1.29 is 0 Å². The fourth-order valence-electron chi connectivity index (χ4n) is 2.91. The van der Waals surface area contributed by atoms with Crippen LogP contribution in [0.5, 0.6) is 0 Å². The normalized spacial score (nSPS) is 21.1. The Morgan fingerprint density at radius 2 is 1.95 bits per heavy atom. The number of amidine groups is 1. The topological polar surface area (TPSA) is 49.9 Å². The number of rotatable bonds is 7. The molecule has 0 amide bonds. The molecular formula is C19H26N2. The van der Waals surface area contributed by atoms with Gasteiger partial charge >= 0.3 is 0 Å². The maximum atomic E-state index is 7.98. The van der Waals surface area contributed by atoms with Gasteiger partial charge in [-0.25, -0.2) is 0 Å². The van der Waals surface area contributed by atoms with Crippen LogP contribution in [0.4, 0.5) is 0 Å². The highest BCUT2D eigenvalue weighted by Gasteiger charge is 2.31. The monoisotopic (exact) mass is 282 g/mol. The van der Waals surface area contributed by atoms with Crippen molar-refractivity contribution in [3.63, 3.8) is 0 Å². The van der Waals surface area contributed by atoms with Gasteiger partial charge in [-0.1, -0.05) is 81.2 Å². The van der Waals surface area contributed by atoms with Crippen molar-refractivity contribution >= 4 is 11.4 Å². The molecule has 1 unspecified atom stereocenters. The molecule has 0 bridgehead atoms. The van der Waals surface area contributed by atoms with Crippen LogP contribution in [-0.2, 0) is 0 Å². The van der Waals surface area contributed by atoms with Gasteiger partial charge in [0.15, 0.2) is 0 Å². The molecule has 2 heteroatoms. The second-order valence-electron chi connectivity index (χ2n) is 5.94. The maximum Gasteiger partial charge on any atom is 0.101 e. The predicted octanol–water partition coefficient (Wildman–Crippen LogP) is 4.92. The summed E-state index contributed by atoms with van der Waals surface area (Å²) < 4.78 is 0. The molecular weight excluding hydrogens is 256 g/mol. The van der Waals surface area contributed by atoms with Gasteiger partial charge in [-0.05, 0) is 24.0 Å². The Kier molecular flexibility index (Phi) is 5.38. The minimum absolute atomic E-state index is 0.258. The Morgan fingerprint density at radius 3 is 2.52 bits per heavy atom. The van der Waals surface area contributed by atoms with Gasteiger partial charge in [-0.2, -0.15) is 0 Å². The molecule has 2 nitrogen and oxygen atoms in total. The van der Waals surface area contributed by atoms with E-state index in [1.807, 2.05) is 6.07 Å². The molecule has 1 aromatic rings. The van der Waals surface area contributed by atoms with E-state index in [0.29, 0.717) is 5.84 Å². The van der Waals surface area contributed by atoms with Gasteiger partial charge < -0.3 is 5.73 Å². The molecule has 21 heavy (non-hydrogen) atoms. The highest BCUT2D eigenvalue weighted by atomic mass is 14.7. The molecule has 1 atom stereocenters. The standard InChI is InChI=1S/C19H26N2/c1-2-3-4-8-13-19(18(20)21)14-11-17(12-15-19)16-9-6-5-7-10-16/h5-7,9-12,14H,2-4,8,13,15H2,1H3,(H3,20,21). The highest BCUT2D eigenvalue weighted by molar-refractivity contribution is 5.88. The molecule has 3 N–H and O–H groups in total. The largest absolute Gasteiger partial charge is 0.387 e. The summed E-state index contributed by atoms with van der Waals surface area (Å²) in [5, 5.41) is 7.98. The van der Waals surface area contributed by atoms with Crippen LogP contribution in [0.2, 0.25) is 0 Å². The molecule has 0 aliphatic heterocycles. The summed E-state index contributed by atoms with van der Waals surface area (Å²) >= 11 is 0. The quantitative estimate of drug-likeness (QED) is 0.416. The molecule has 1 aromatic carbocycles. The number of hydrogen-bond donors (Lipinski definition) is 2. The average molecular weight is 282 g/mol. The summed E-state index contributed by atoms with van der Waals surface area (Å²) in [7, 11) is 0. The lowest BCUT2D eigenvalue weighted by atomic mass is 9.74. The number of nitrogens with one attached hydrogen (secondary N) is 1. The van der Waals surface area contributed by atoms with Gasteiger partial charge in [0.25, 0.3) is 0 Å². The fraction of sp³-hybridized carbons (Fsp3) is 0.421. The van der Waals surface area contributed by atoms with E-state index in [9.17, 15) is 0 Å². The number of allylic oxidation sites excluding steroid dienone is 3. The summed E-state index contributed by atoms with van der Waals surface area (Å²) in [5.41, 5.74) is 8.12. The zero-order chi connectivity index (χ0) is 15.1. The van der Waals surface area contributed by atoms with E-state index >= 15 is 0 Å². The first-order valence-corrected chi connectivity index (χ1v) is 7.97. The van der Waals surface area contributed by atoms with E-state index in [0.717, 1.165) is 19.3 Å². The molecule has 0 spiro atoms. The molecule has 0 saturated carbocycles. The number of nitrogens with two attached hydrogens (primary N) is 1. The molecule has 0 aromatic heterocycles. The van der Waals surface area contributed by atoms with Crippen molar-refractivity contribution in [2.45, 2.75) is 45.4 Å². The van der Waals surface area contributed by atoms with E-state index in [2.05, 4.69) is 49.4 Å². The third-order valence-corrected chi connectivity index (χ3v) is 4.39. The Hall–Kier alpha value is -1.83. The van der Waals surface area contributed by atoms with Crippen molar-refractivity contribution in [3.8, 4) is 0 Å². The first-order chi connectivity index (χ1) is 10.2. The van der Waals surface area contributed by atoms with Crippen molar-refractivity contribution in [2.75, 3.05) is 0 Å². The smallest absolute Gasteiger partial charge is 0.101 e. The average Bonchev–Trinajstić information content (AvgIpc) is 2.53. The third kappa shape index (κ3) is 3.84. The zero-order valence-electron chi connectivity index (χ0n) is 12.9. The van der Waals surface area contributed by atoms with Crippen molar-refractivity contribution in [1.82, 2.24) is 0 Å². The van der Waals surface area contributed by atoms with Gasteiger partial charge in [0.05, 0.1) is 0 Å². The van der Waals surface area contributed by atoms with Crippen LogP contribution in [0, 0.1) is 10.8 Å². The first-order valence-electron chi connectivity index (χ1n) is 7.97. The maximum absolute atomic E-state index is 7.98. The molecule has 112 valence electrons. The van der Waals surface area contributed by atoms with Crippen LogP contribution >= 0.6 is 0 Å². The van der Waals surface area contributed by atoms with E-state index in [1.54, 1.807) is 0 Å². The molecule has 0 radical (unpaired) electrons. The van der Waals surface area contributed by atoms with Gasteiger partial charge in [-0.3, -0.25) is 5.41 Å². The molecule has 0 fully saturated rings. The minimum Gasteiger partial charge on any atom is -0.387 e. The van der Waals surface area contributed by atoms with Crippen LogP contribution in [0.3, 0.4) is 0 Å². The van der Waals surface area contributed by atoms with Crippen molar-refractivity contribution in [3.05, 3.63) is 54.1 Å². The van der Waals surface area contributed by atoms with E-state index in [-0.39, 0.29) is 5.41 Å². The summed E-state index contributed by atoms with van der Waals surface area (Å²) in [5.74, 6) is 0.304. The van der Waals surface area contributed by atoms with Crippen molar-refractivity contribution in [2.24, 2.45) is 11.1 Å². The number of benzene rings is 1. The SMILES string of the molecule is CCCCCCC1(C(=N)N)C=CC(c2ccccc2)=CC1. The Morgan fingerprint density at radius 1 is 1.19 bits per heavy atom. The predicted molar refractivity (Wildman–Crippen MR) is 91.3 cm³/mol.